The molecule has 0 aliphatic heterocycles. The number of nitrogens with zero attached hydrogens (tertiary/aromatic N) is 3. The van der Waals surface area contributed by atoms with Crippen molar-refractivity contribution in [2.45, 2.75) is 13.3 Å². The lowest BCUT2D eigenvalue weighted by molar-refractivity contribution is 0.0955. The monoisotopic (exact) mass is 458 g/mol. The quantitative estimate of drug-likeness (QED) is 0.270. The summed E-state index contributed by atoms with van der Waals surface area (Å²) in [6.45, 7) is 2.75. The zero-order valence-corrected chi connectivity index (χ0v) is 18.9. The van der Waals surface area contributed by atoms with Crippen LogP contribution in [-0.4, -0.2) is 28.5 Å². The molecule has 0 saturated carbocycles. The Morgan fingerprint density at radius 2 is 1.79 bits per heavy atom. The first kappa shape index (κ1) is 22.3. The van der Waals surface area contributed by atoms with Gasteiger partial charge >= 0.3 is 0 Å². The van der Waals surface area contributed by atoms with E-state index in [0.29, 0.717) is 17.2 Å². The third-order valence-corrected chi connectivity index (χ3v) is 5.09. The van der Waals surface area contributed by atoms with Gasteiger partial charge in [-0.25, -0.2) is 10.1 Å². The summed E-state index contributed by atoms with van der Waals surface area (Å²) in [6.07, 6.45) is 4.42. The molecule has 33 heavy (non-hydrogen) atoms. The number of carbonyl (C=O) groups excluding carboxylic acids is 1. The van der Waals surface area contributed by atoms with Crippen molar-refractivity contribution in [3.05, 3.63) is 101 Å². The molecule has 0 spiro atoms. The van der Waals surface area contributed by atoms with E-state index in [2.05, 4.69) is 17.5 Å². The maximum Gasteiger partial charge on any atom is 0.271 e. The van der Waals surface area contributed by atoms with Gasteiger partial charge in [-0.15, -0.1) is 0 Å². The molecule has 0 radical (unpaired) electrons. The molecule has 0 aliphatic carbocycles. The van der Waals surface area contributed by atoms with Crippen LogP contribution in [0.25, 0.3) is 16.9 Å². The van der Waals surface area contributed by atoms with Crippen LogP contribution in [-0.2, 0) is 0 Å². The van der Waals surface area contributed by atoms with Gasteiger partial charge in [0.05, 0.1) is 18.5 Å². The lowest BCUT2D eigenvalue weighted by atomic mass is 10.1. The second-order valence-corrected chi connectivity index (χ2v) is 7.73. The molecule has 4 rings (SSSR count). The van der Waals surface area contributed by atoms with Crippen molar-refractivity contribution in [3.63, 3.8) is 0 Å². The van der Waals surface area contributed by atoms with Crippen molar-refractivity contribution in [1.29, 1.82) is 0 Å². The van der Waals surface area contributed by atoms with E-state index in [0.717, 1.165) is 34.7 Å². The van der Waals surface area contributed by atoms with Crippen molar-refractivity contribution in [2.75, 3.05) is 6.61 Å². The minimum Gasteiger partial charge on any atom is -0.494 e. The van der Waals surface area contributed by atoms with Gasteiger partial charge in [-0.2, -0.15) is 10.2 Å². The summed E-state index contributed by atoms with van der Waals surface area (Å²) in [6, 6.07) is 24.2. The van der Waals surface area contributed by atoms with Gasteiger partial charge in [0.2, 0.25) is 0 Å². The Kier molecular flexibility index (Phi) is 7.17. The molecule has 4 aromatic rings. The number of amides is 1. The Bertz CT molecular complexity index is 1230. The van der Waals surface area contributed by atoms with Crippen LogP contribution in [0.4, 0.5) is 0 Å². The lowest BCUT2D eigenvalue weighted by Gasteiger charge is -2.05. The zero-order chi connectivity index (χ0) is 23.0. The molecule has 1 aromatic heterocycles. The van der Waals surface area contributed by atoms with Crippen LogP contribution in [0, 0.1) is 0 Å². The average molecular weight is 459 g/mol. The number of para-hydroxylation sites is 1. The number of carbonyl (C=O) groups is 1. The topological polar surface area (TPSA) is 68.5 Å². The van der Waals surface area contributed by atoms with Gasteiger partial charge in [-0.05, 0) is 67.1 Å². The number of halogens is 1. The van der Waals surface area contributed by atoms with Crippen LogP contribution >= 0.6 is 11.6 Å². The summed E-state index contributed by atoms with van der Waals surface area (Å²) >= 11 is 5.89. The van der Waals surface area contributed by atoms with Crippen molar-refractivity contribution in [1.82, 2.24) is 15.2 Å². The molecule has 0 saturated heterocycles. The molecule has 1 heterocycles. The van der Waals surface area contributed by atoms with Gasteiger partial charge < -0.3 is 4.74 Å². The second kappa shape index (κ2) is 10.6. The highest BCUT2D eigenvalue weighted by Crippen LogP contribution is 2.25. The minimum atomic E-state index is -0.322. The van der Waals surface area contributed by atoms with Gasteiger partial charge in [0.1, 0.15) is 11.4 Å². The first-order chi connectivity index (χ1) is 16.1. The van der Waals surface area contributed by atoms with E-state index in [1.165, 1.54) is 0 Å². The Hall–Kier alpha value is -3.90. The number of nitrogens with one attached hydrogen (secondary N) is 1. The summed E-state index contributed by atoms with van der Waals surface area (Å²) in [7, 11) is 0. The van der Waals surface area contributed by atoms with Crippen molar-refractivity contribution >= 4 is 23.7 Å². The van der Waals surface area contributed by atoms with Crippen molar-refractivity contribution in [2.24, 2.45) is 5.10 Å². The molecule has 0 aliphatic rings. The van der Waals surface area contributed by atoms with Crippen molar-refractivity contribution in [3.8, 4) is 22.7 Å². The molecule has 7 heteroatoms. The SMILES string of the molecule is CCCOc1ccc(-c2nn(-c3ccccc3)cc2/C=N/NC(=O)c2ccc(Cl)cc2)cc1. The van der Waals surface area contributed by atoms with Gasteiger partial charge in [-0.3, -0.25) is 4.79 Å². The Morgan fingerprint density at radius 1 is 1.06 bits per heavy atom. The molecule has 1 N–H and O–H groups in total. The largest absolute Gasteiger partial charge is 0.494 e. The molecular formula is C26H23ClN4O2. The number of hydrogen-bond acceptors (Lipinski definition) is 4. The Labute approximate surface area is 197 Å². The molecule has 0 unspecified atom stereocenters. The van der Waals surface area contributed by atoms with E-state index in [9.17, 15) is 4.79 Å². The van der Waals surface area contributed by atoms with E-state index in [1.54, 1.807) is 35.2 Å². The molecule has 166 valence electrons. The van der Waals surface area contributed by atoms with Crippen LogP contribution in [0.2, 0.25) is 5.02 Å². The molecule has 1 amide bonds. The first-order valence-corrected chi connectivity index (χ1v) is 11.0. The highest BCUT2D eigenvalue weighted by molar-refractivity contribution is 6.30. The number of rotatable bonds is 8. The molecule has 3 aromatic carbocycles. The lowest BCUT2D eigenvalue weighted by Crippen LogP contribution is -2.17. The fourth-order valence-corrected chi connectivity index (χ4v) is 3.30. The molecule has 0 bridgehead atoms. The highest BCUT2D eigenvalue weighted by atomic mass is 35.5. The smallest absolute Gasteiger partial charge is 0.271 e. The number of hydrogen-bond donors (Lipinski definition) is 1. The van der Waals surface area contributed by atoms with Gasteiger partial charge in [-0.1, -0.05) is 36.7 Å². The summed E-state index contributed by atoms with van der Waals surface area (Å²) in [5, 5.41) is 9.49. The first-order valence-electron chi connectivity index (χ1n) is 10.6. The minimum absolute atomic E-state index is 0.322. The molecule has 0 fully saturated rings. The maximum atomic E-state index is 12.3. The van der Waals surface area contributed by atoms with Gasteiger partial charge in [0.25, 0.3) is 5.91 Å². The van der Waals surface area contributed by atoms with Crippen LogP contribution < -0.4 is 10.2 Å². The van der Waals surface area contributed by atoms with E-state index in [-0.39, 0.29) is 5.91 Å². The zero-order valence-electron chi connectivity index (χ0n) is 18.1. The number of benzene rings is 3. The number of ether oxygens (including phenoxy) is 1. The molecule has 0 atom stereocenters. The van der Waals surface area contributed by atoms with E-state index >= 15 is 0 Å². The van der Waals surface area contributed by atoms with Gasteiger partial charge in [0, 0.05) is 27.9 Å². The van der Waals surface area contributed by atoms with E-state index < -0.39 is 0 Å². The normalized spacial score (nSPS) is 11.0. The van der Waals surface area contributed by atoms with Crippen LogP contribution in [0.1, 0.15) is 29.3 Å². The third-order valence-electron chi connectivity index (χ3n) is 4.84. The number of hydrazone groups is 1. The molecule has 6 nitrogen and oxygen atoms in total. The fourth-order valence-electron chi connectivity index (χ4n) is 3.17. The standard InChI is InChI=1S/C26H23ClN4O2/c1-2-16-33-24-14-10-19(11-15-24)25-21(18-31(30-25)23-6-4-3-5-7-23)17-28-29-26(32)20-8-12-22(27)13-9-20/h3-15,17-18H,2,16H2,1H3,(H,29,32)/b28-17+. The van der Waals surface area contributed by atoms with E-state index in [4.69, 9.17) is 21.4 Å². The maximum absolute atomic E-state index is 12.3. The fraction of sp³-hybridized carbons (Fsp3) is 0.115. The molecular weight excluding hydrogens is 436 g/mol. The predicted molar refractivity (Wildman–Crippen MR) is 131 cm³/mol. The summed E-state index contributed by atoms with van der Waals surface area (Å²) in [4.78, 5) is 12.3. The number of aromatic nitrogens is 2. The average Bonchev–Trinajstić information content (AvgIpc) is 3.28. The second-order valence-electron chi connectivity index (χ2n) is 7.29. The Balaban J connectivity index is 1.60. The summed E-state index contributed by atoms with van der Waals surface area (Å²) in [5.74, 6) is 0.492. The predicted octanol–water partition coefficient (Wildman–Crippen LogP) is 5.75. The summed E-state index contributed by atoms with van der Waals surface area (Å²) in [5.41, 5.74) is 6.37. The Morgan fingerprint density at radius 3 is 2.48 bits per heavy atom. The van der Waals surface area contributed by atoms with Crippen molar-refractivity contribution < 1.29 is 9.53 Å². The van der Waals surface area contributed by atoms with Crippen LogP contribution in [0.3, 0.4) is 0 Å². The van der Waals surface area contributed by atoms with Crippen LogP contribution in [0.5, 0.6) is 5.75 Å². The van der Waals surface area contributed by atoms with Gasteiger partial charge in [0.15, 0.2) is 0 Å². The van der Waals surface area contributed by atoms with E-state index in [1.807, 2.05) is 60.8 Å². The highest BCUT2D eigenvalue weighted by Gasteiger charge is 2.12. The van der Waals surface area contributed by atoms with Crippen LogP contribution in [0.15, 0.2) is 90.2 Å². The third kappa shape index (κ3) is 5.67. The summed E-state index contributed by atoms with van der Waals surface area (Å²) < 4.78 is 7.47.